The summed E-state index contributed by atoms with van der Waals surface area (Å²) in [6, 6.07) is 5.24. The number of nitrogens with zero attached hydrogens (tertiary/aromatic N) is 4. The lowest BCUT2D eigenvalue weighted by molar-refractivity contribution is -0.123. The number of rotatable bonds is 2. The fraction of sp³-hybridized carbons (Fsp3) is 0.167. The Morgan fingerprint density at radius 3 is 2.41 bits per heavy atom. The maximum Gasteiger partial charge on any atom is 0.255 e. The molecule has 17 heavy (non-hydrogen) atoms. The Kier molecular flexibility index (Phi) is 3.44. The molecule has 1 rings (SSSR count). The standard InChI is InChI=1S/C12H8N4O/c1-3-4-16-11(9(5-13)6-14)10(7-15)8(2)12(16)17/h3H,1,4H2,2H3. The van der Waals surface area contributed by atoms with Gasteiger partial charge in [0.1, 0.15) is 18.2 Å². The number of hydrogen-bond donors (Lipinski definition) is 0. The van der Waals surface area contributed by atoms with Gasteiger partial charge in [-0.25, -0.2) is 0 Å². The van der Waals surface area contributed by atoms with Crippen molar-refractivity contribution in [3.8, 4) is 18.2 Å². The fourth-order valence-electron chi connectivity index (χ4n) is 1.55. The van der Waals surface area contributed by atoms with Crippen molar-refractivity contribution in [3.63, 3.8) is 0 Å². The summed E-state index contributed by atoms with van der Waals surface area (Å²) >= 11 is 0. The highest BCUT2D eigenvalue weighted by Crippen LogP contribution is 2.30. The molecule has 0 saturated heterocycles. The lowest BCUT2D eigenvalue weighted by Gasteiger charge is -2.16. The van der Waals surface area contributed by atoms with Gasteiger partial charge >= 0.3 is 0 Å². The number of allylic oxidation sites excluding steroid dienone is 2. The summed E-state index contributed by atoms with van der Waals surface area (Å²) in [5, 5.41) is 26.6. The summed E-state index contributed by atoms with van der Waals surface area (Å²) in [4.78, 5) is 13.0. The van der Waals surface area contributed by atoms with Crippen LogP contribution in [0.1, 0.15) is 6.92 Å². The summed E-state index contributed by atoms with van der Waals surface area (Å²) in [7, 11) is 0. The molecular formula is C12H8N4O. The van der Waals surface area contributed by atoms with E-state index in [0.717, 1.165) is 0 Å². The van der Waals surface area contributed by atoms with E-state index in [0.29, 0.717) is 0 Å². The van der Waals surface area contributed by atoms with Crippen LogP contribution in [0.15, 0.2) is 35.1 Å². The van der Waals surface area contributed by atoms with Gasteiger partial charge in [-0.2, -0.15) is 15.8 Å². The molecule has 0 aromatic rings. The maximum absolute atomic E-state index is 11.8. The van der Waals surface area contributed by atoms with Gasteiger partial charge in [0, 0.05) is 12.1 Å². The smallest absolute Gasteiger partial charge is 0.255 e. The second kappa shape index (κ2) is 4.79. The van der Waals surface area contributed by atoms with E-state index >= 15 is 0 Å². The minimum atomic E-state index is -0.376. The van der Waals surface area contributed by atoms with Gasteiger partial charge in [0.05, 0.1) is 11.3 Å². The van der Waals surface area contributed by atoms with E-state index in [1.807, 2.05) is 6.07 Å². The third kappa shape index (κ3) is 1.80. The number of amides is 1. The van der Waals surface area contributed by atoms with Gasteiger partial charge in [-0.05, 0) is 6.92 Å². The van der Waals surface area contributed by atoms with E-state index in [4.69, 9.17) is 15.8 Å². The van der Waals surface area contributed by atoms with Crippen molar-refractivity contribution in [2.24, 2.45) is 0 Å². The van der Waals surface area contributed by atoms with Crippen molar-refractivity contribution in [1.82, 2.24) is 4.90 Å². The molecule has 5 nitrogen and oxygen atoms in total. The molecule has 1 aliphatic heterocycles. The Balaban J connectivity index is 3.54. The van der Waals surface area contributed by atoms with Crippen molar-refractivity contribution < 1.29 is 4.79 Å². The lowest BCUT2D eigenvalue weighted by atomic mass is 10.1. The third-order valence-electron chi connectivity index (χ3n) is 2.33. The zero-order chi connectivity index (χ0) is 13.0. The van der Waals surface area contributed by atoms with Crippen LogP contribution in [-0.2, 0) is 4.79 Å². The van der Waals surface area contributed by atoms with Crippen molar-refractivity contribution in [2.75, 3.05) is 6.54 Å². The Morgan fingerprint density at radius 2 is 2.00 bits per heavy atom. The Hall–Kier alpha value is -2.84. The molecule has 5 heteroatoms. The summed E-state index contributed by atoms with van der Waals surface area (Å²) in [5.74, 6) is -0.376. The first-order valence-electron chi connectivity index (χ1n) is 4.70. The molecule has 1 aliphatic rings. The van der Waals surface area contributed by atoms with Crippen LogP contribution in [-0.4, -0.2) is 17.4 Å². The molecule has 0 fully saturated rings. The zero-order valence-electron chi connectivity index (χ0n) is 9.19. The maximum atomic E-state index is 11.8. The highest BCUT2D eigenvalue weighted by atomic mass is 16.2. The van der Waals surface area contributed by atoms with Crippen LogP contribution in [0.3, 0.4) is 0 Å². The van der Waals surface area contributed by atoms with Crippen molar-refractivity contribution >= 4 is 5.91 Å². The number of carbonyl (C=O) groups excluding carboxylic acids is 1. The highest BCUT2D eigenvalue weighted by molar-refractivity contribution is 6.01. The Bertz CT molecular complexity index is 559. The Labute approximate surface area is 98.8 Å². The topological polar surface area (TPSA) is 91.7 Å². The molecule has 0 atom stereocenters. The van der Waals surface area contributed by atoms with Crippen LogP contribution in [0.4, 0.5) is 0 Å². The summed E-state index contributed by atoms with van der Waals surface area (Å²) in [5.41, 5.74) is 0.163. The molecule has 0 spiro atoms. The molecule has 0 aliphatic carbocycles. The van der Waals surface area contributed by atoms with E-state index in [1.54, 1.807) is 12.1 Å². The van der Waals surface area contributed by atoms with Gasteiger partial charge < -0.3 is 4.90 Å². The highest BCUT2D eigenvalue weighted by Gasteiger charge is 2.34. The van der Waals surface area contributed by atoms with Gasteiger partial charge in [0.15, 0.2) is 5.57 Å². The first-order valence-corrected chi connectivity index (χ1v) is 4.70. The SMILES string of the molecule is C=CCN1C(=O)C(C)=C(C#N)C1=C(C#N)C#N. The van der Waals surface area contributed by atoms with E-state index in [-0.39, 0.29) is 34.9 Å². The fourth-order valence-corrected chi connectivity index (χ4v) is 1.55. The lowest BCUT2D eigenvalue weighted by Crippen LogP contribution is -2.26. The van der Waals surface area contributed by atoms with Crippen LogP contribution in [0.2, 0.25) is 0 Å². The van der Waals surface area contributed by atoms with Crippen LogP contribution in [0, 0.1) is 34.0 Å². The van der Waals surface area contributed by atoms with Crippen LogP contribution < -0.4 is 0 Å². The molecule has 0 radical (unpaired) electrons. The third-order valence-corrected chi connectivity index (χ3v) is 2.33. The van der Waals surface area contributed by atoms with Crippen molar-refractivity contribution in [1.29, 1.82) is 15.8 Å². The Morgan fingerprint density at radius 1 is 1.41 bits per heavy atom. The predicted octanol–water partition coefficient (Wildman–Crippen LogP) is 1.16. The minimum absolute atomic E-state index is 0.0787. The van der Waals surface area contributed by atoms with Crippen LogP contribution in [0.5, 0.6) is 0 Å². The van der Waals surface area contributed by atoms with Gasteiger partial charge in [0.2, 0.25) is 0 Å². The molecule has 0 unspecified atom stereocenters. The minimum Gasteiger partial charge on any atom is -0.302 e. The molecule has 0 N–H and O–H groups in total. The van der Waals surface area contributed by atoms with Gasteiger partial charge in [-0.15, -0.1) is 6.58 Å². The molecule has 1 amide bonds. The van der Waals surface area contributed by atoms with E-state index in [2.05, 4.69) is 6.58 Å². The molecule has 0 aromatic carbocycles. The normalized spacial score (nSPS) is 14.1. The summed E-state index contributed by atoms with van der Waals surface area (Å²) < 4.78 is 0. The van der Waals surface area contributed by atoms with E-state index in [1.165, 1.54) is 17.9 Å². The number of carbonyl (C=O) groups is 1. The quantitative estimate of drug-likeness (QED) is 0.519. The van der Waals surface area contributed by atoms with Gasteiger partial charge in [-0.1, -0.05) is 6.08 Å². The van der Waals surface area contributed by atoms with E-state index < -0.39 is 0 Å². The second-order valence-corrected chi connectivity index (χ2v) is 3.26. The molecule has 0 saturated carbocycles. The predicted molar refractivity (Wildman–Crippen MR) is 58.5 cm³/mol. The van der Waals surface area contributed by atoms with Gasteiger partial charge in [0.25, 0.3) is 5.91 Å². The van der Waals surface area contributed by atoms with Gasteiger partial charge in [-0.3, -0.25) is 4.79 Å². The van der Waals surface area contributed by atoms with E-state index in [9.17, 15) is 4.79 Å². The molecule has 82 valence electrons. The molecule has 0 bridgehead atoms. The van der Waals surface area contributed by atoms with Crippen molar-refractivity contribution in [3.05, 3.63) is 35.1 Å². The van der Waals surface area contributed by atoms with Crippen LogP contribution in [0.25, 0.3) is 0 Å². The van der Waals surface area contributed by atoms with Crippen LogP contribution >= 0.6 is 0 Å². The largest absolute Gasteiger partial charge is 0.302 e. The zero-order valence-corrected chi connectivity index (χ0v) is 9.19. The first-order chi connectivity index (χ1) is 8.12. The number of hydrogen-bond acceptors (Lipinski definition) is 4. The second-order valence-electron chi connectivity index (χ2n) is 3.26. The average molecular weight is 224 g/mol. The molecule has 0 aromatic heterocycles. The monoisotopic (exact) mass is 224 g/mol. The molecule has 1 heterocycles. The van der Waals surface area contributed by atoms with Crippen molar-refractivity contribution in [2.45, 2.75) is 6.92 Å². The number of nitriles is 3. The molecular weight excluding hydrogens is 216 g/mol. The summed E-state index contributed by atoms with van der Waals surface area (Å²) in [6.07, 6.45) is 1.47. The summed E-state index contributed by atoms with van der Waals surface area (Å²) in [6.45, 7) is 5.15. The average Bonchev–Trinajstić information content (AvgIpc) is 2.56. The first kappa shape index (κ1) is 12.2.